The Labute approximate surface area is 654 Å². The molecule has 2 fully saturated rings. The maximum Gasteiger partial charge on any atom is 0.327 e. The van der Waals surface area contributed by atoms with Crippen molar-refractivity contribution in [3.8, 4) is 5.75 Å². The lowest BCUT2D eigenvalue weighted by atomic mass is 9.98. The number of aliphatic hydroxyl groups is 2. The quantitative estimate of drug-likeness (QED) is 0.0324. The number of phenols is 1. The van der Waals surface area contributed by atoms with Gasteiger partial charge in [-0.1, -0.05) is 134 Å². The van der Waals surface area contributed by atoms with Crippen molar-refractivity contribution in [1.29, 1.82) is 0 Å². The van der Waals surface area contributed by atoms with Crippen LogP contribution in [0.2, 0.25) is 0 Å². The number of aromatic hydroxyl groups is 1. The molecular formula is C75H102IN15O16S2. The molecule has 5 aromatic rings. The number of aliphatic carboxylic acids is 1. The van der Waals surface area contributed by atoms with E-state index in [1.165, 1.54) is 32.2 Å². The van der Waals surface area contributed by atoms with Crippen molar-refractivity contribution in [3.63, 3.8) is 0 Å². The summed E-state index contributed by atoms with van der Waals surface area (Å²) in [6, 6.07) is 9.93. The van der Waals surface area contributed by atoms with Gasteiger partial charge in [-0.2, -0.15) is 0 Å². The Balaban J connectivity index is 1.39. The van der Waals surface area contributed by atoms with Crippen molar-refractivity contribution in [3.05, 3.63) is 135 Å². The second-order valence-electron chi connectivity index (χ2n) is 27.6. The molecule has 2 saturated heterocycles. The molecule has 34 heteroatoms. The normalized spacial score (nSPS) is 24.4. The second kappa shape index (κ2) is 44.1. The number of nitrogens with two attached hydrogens (primary N) is 2. The summed E-state index contributed by atoms with van der Waals surface area (Å²) in [5, 5.41) is 73.7. The number of carbonyl (C=O) groups excluding carboxylic acids is 11. The number of halogens is 1. The molecule has 31 nitrogen and oxygen atoms in total. The molecule has 3 heterocycles. The van der Waals surface area contributed by atoms with E-state index in [2.05, 4.69) is 63.5 Å². The summed E-state index contributed by atoms with van der Waals surface area (Å²) in [5.41, 5.74) is 15.8. The molecule has 0 radical (unpaired) electrons. The van der Waals surface area contributed by atoms with E-state index in [1.807, 2.05) is 48.6 Å². The number of nitrogens with one attached hydrogen (secondary N) is 12. The molecule has 0 unspecified atom stereocenters. The molecule has 1 aromatic heterocycles. The largest absolute Gasteiger partial charge is 0.507 e. The van der Waals surface area contributed by atoms with Gasteiger partial charge in [0.1, 0.15) is 66.2 Å². The average molecular weight is 1660 g/mol. The first-order valence-electron chi connectivity index (χ1n) is 36.5. The van der Waals surface area contributed by atoms with E-state index in [1.54, 1.807) is 72.9 Å². The minimum absolute atomic E-state index is 0.0115. The van der Waals surface area contributed by atoms with Crippen LogP contribution in [-0.2, 0) is 89.8 Å². The van der Waals surface area contributed by atoms with Gasteiger partial charge in [0.15, 0.2) is 0 Å². The van der Waals surface area contributed by atoms with Crippen molar-refractivity contribution in [2.24, 2.45) is 11.5 Å². The fourth-order valence-corrected chi connectivity index (χ4v) is 15.1. The van der Waals surface area contributed by atoms with Gasteiger partial charge in [-0.3, -0.25) is 52.7 Å². The number of likely N-dealkylation sites (N-methyl/N-ethyl adjacent to an activating group) is 1. The molecular weight excluding hydrogens is 1560 g/mol. The highest BCUT2D eigenvalue weighted by molar-refractivity contribution is 14.1. The molecule has 0 saturated carbocycles. The van der Waals surface area contributed by atoms with Crippen LogP contribution in [0.25, 0.3) is 10.9 Å². The molecule has 4 aromatic carbocycles. The molecule has 592 valence electrons. The molecule has 2 aliphatic rings. The summed E-state index contributed by atoms with van der Waals surface area (Å²) in [4.78, 5) is 181. The van der Waals surface area contributed by atoms with Crippen molar-refractivity contribution in [1.82, 2.24) is 68.4 Å². The predicted octanol–water partition coefficient (Wildman–Crippen LogP) is 0.606. The topological polar surface area (TPSA) is 489 Å². The summed E-state index contributed by atoms with van der Waals surface area (Å²) in [7, 11) is 3.18. The summed E-state index contributed by atoms with van der Waals surface area (Å²) in [5.74, 6) is -12.3. The molecule has 0 spiro atoms. The number of unbranched alkanes of at least 4 members (excludes halogenated alkanes) is 1. The first-order valence-corrected chi connectivity index (χ1v) is 40.1. The molecule has 2 aliphatic heterocycles. The molecule has 12 atom stereocenters. The number of aliphatic hydroxyl groups excluding tert-OH is 2. The fraction of sp³-hybridized carbons (Fsp3) is 0.493. The number of benzene rings is 4. The summed E-state index contributed by atoms with van der Waals surface area (Å²) in [6.45, 7) is 4.92. The van der Waals surface area contributed by atoms with Crippen LogP contribution in [0.3, 0.4) is 0 Å². The molecule has 20 N–H and O–H groups in total. The SMILES string of the molecule is CC(C)NCc1ccc(C[C@H]2C(=O)N[C@@H]([C@@H](C)O)C(=O)N[C@@H](Cc3ccc(O)c(I)c3)C(=O)N[C@H]3CCCCCCNC(=O)CC[C@H](NC(=O)[C@H](Cc4ccccc4)NC(=O)[C@H](CCCCN)NC(=O)[C@@H](N)CSSC[C@@H](C(=O)O)NC(=O)[C@H](CO)NC3=O)C(=O)N[C@H](Cc3c[nH]c4ccccc34)C(=O)N2C)cc1. The van der Waals surface area contributed by atoms with Crippen LogP contribution in [0, 0.1) is 3.57 Å². The zero-order chi connectivity index (χ0) is 79.3. The molecule has 2 bridgehead atoms. The zero-order valence-electron chi connectivity index (χ0n) is 61.4. The Morgan fingerprint density at radius 1 is 0.606 bits per heavy atom. The number of aromatic amines is 1. The van der Waals surface area contributed by atoms with Crippen molar-refractivity contribution in [2.45, 2.75) is 196 Å². The number of carbonyl (C=O) groups is 12. The maximum atomic E-state index is 15.9. The van der Waals surface area contributed by atoms with Gasteiger partial charge in [0.05, 0.1) is 22.3 Å². The van der Waals surface area contributed by atoms with Gasteiger partial charge in [-0.05, 0) is 121 Å². The highest BCUT2D eigenvalue weighted by Crippen LogP contribution is 2.26. The molecule has 0 aliphatic carbocycles. The van der Waals surface area contributed by atoms with Crippen molar-refractivity contribution >= 4 is 126 Å². The Morgan fingerprint density at radius 2 is 1.18 bits per heavy atom. The summed E-state index contributed by atoms with van der Waals surface area (Å²) < 4.78 is 0.354. The van der Waals surface area contributed by atoms with Crippen LogP contribution >= 0.6 is 44.2 Å². The molecule has 11 amide bonds. The third kappa shape index (κ3) is 27.6. The molecule has 7 rings (SSSR count). The Bertz CT molecular complexity index is 3930. The summed E-state index contributed by atoms with van der Waals surface area (Å²) >= 11 is 1.87. The van der Waals surface area contributed by atoms with Crippen LogP contribution in [0.5, 0.6) is 5.75 Å². The van der Waals surface area contributed by atoms with Crippen LogP contribution in [0.1, 0.15) is 113 Å². The van der Waals surface area contributed by atoms with E-state index in [0.717, 1.165) is 32.1 Å². The number of fused-ring (bicyclic) bond motifs is 12. The summed E-state index contributed by atoms with van der Waals surface area (Å²) in [6.07, 6.45) is 0.107. The number of hydrogen-bond donors (Lipinski definition) is 18. The number of H-pyrrole nitrogens is 1. The van der Waals surface area contributed by atoms with Gasteiger partial charge in [-0.15, -0.1) is 0 Å². The first-order chi connectivity index (χ1) is 52.1. The standard InChI is InChI=1S/C75H102IN15O16S2/c1-42(2)80-37-46-24-22-45(23-25-46)35-61-72(103)90-64(43(3)93)73(104)86-57(34-47-26-28-62(94)50(76)32-47)70(101)83-54-20-10-5-6-15-31-79-63(95)29-27-55(68(99)87-58(74(105)91(61)4)36-48-38-81-52-19-12-11-18-49(48)52)84-69(100)56(33-44-16-8-7-9-17-44)85-66(97)53(21-13-14-30-77)82-65(96)51(78)40-108-109-41-60(75(106)107)89-71(102)59(39-92)88-67(54)98/h7-9,11-12,16-19,22-26,28,32,38,42-43,51,53-61,64,80-81,92-94H,5-6,10,13-15,20-21,27,29-31,33-37,39-41,77-78H2,1-4H3,(H,79,95)(H,82,96)(H,83,101)(H,84,100)(H,85,97)(H,86,104)(H,87,99)(H,88,98)(H,89,102)(H,90,103)(H,106,107)/t43-,51+,53+,54+,55+,56+,57+,58-,59+,60+,61+,64+/m1/s1. The van der Waals surface area contributed by atoms with Gasteiger partial charge >= 0.3 is 5.97 Å². The fourth-order valence-electron chi connectivity index (χ4n) is 12.3. The number of hydrogen-bond acceptors (Lipinski definition) is 20. The van der Waals surface area contributed by atoms with Gasteiger partial charge < -0.3 is 100 Å². The number of carboxylic acids is 1. The number of para-hydroxylation sites is 1. The van der Waals surface area contributed by atoms with Crippen LogP contribution in [0.15, 0.2) is 103 Å². The van der Waals surface area contributed by atoms with Crippen LogP contribution in [-0.4, -0.2) is 218 Å². The number of amides is 11. The first kappa shape index (κ1) is 87.3. The maximum absolute atomic E-state index is 15.9. The second-order valence-corrected chi connectivity index (χ2v) is 31.3. The third-order valence-corrected chi connectivity index (χ3v) is 22.0. The Kier molecular flexibility index (Phi) is 35.3. The van der Waals surface area contributed by atoms with E-state index in [-0.39, 0.29) is 94.2 Å². The van der Waals surface area contributed by atoms with Gasteiger partial charge in [0, 0.05) is 86.9 Å². The highest BCUT2D eigenvalue weighted by atomic mass is 127. The lowest BCUT2D eigenvalue weighted by Crippen LogP contribution is -2.63. The number of rotatable bonds is 18. The van der Waals surface area contributed by atoms with E-state index in [0.29, 0.717) is 75.4 Å². The van der Waals surface area contributed by atoms with Crippen LogP contribution < -0.4 is 70.0 Å². The zero-order valence-corrected chi connectivity index (χ0v) is 65.2. The highest BCUT2D eigenvalue weighted by Gasteiger charge is 2.40. The molecule has 109 heavy (non-hydrogen) atoms. The smallest absolute Gasteiger partial charge is 0.327 e. The van der Waals surface area contributed by atoms with E-state index in [4.69, 9.17) is 11.5 Å². The Morgan fingerprint density at radius 3 is 1.84 bits per heavy atom. The van der Waals surface area contributed by atoms with Gasteiger partial charge in [-0.25, -0.2) is 4.79 Å². The average Bonchev–Trinajstić information content (AvgIpc) is 1.78. The number of nitrogens with zero attached hydrogens (tertiary/aromatic N) is 1. The van der Waals surface area contributed by atoms with Crippen molar-refractivity contribution < 1.29 is 78.0 Å². The monoisotopic (exact) mass is 1660 g/mol. The predicted molar refractivity (Wildman–Crippen MR) is 420 cm³/mol. The van der Waals surface area contributed by atoms with E-state index < -0.39 is 150 Å². The minimum Gasteiger partial charge on any atom is -0.507 e. The van der Waals surface area contributed by atoms with Gasteiger partial charge in [0.25, 0.3) is 0 Å². The number of carboxylic acid groups (broad SMARTS) is 1. The van der Waals surface area contributed by atoms with Gasteiger partial charge in [0.2, 0.25) is 65.0 Å². The number of aromatic nitrogens is 1. The Hall–Kier alpha value is -8.91. The lowest BCUT2D eigenvalue weighted by molar-refractivity contribution is -0.143. The van der Waals surface area contributed by atoms with Crippen LogP contribution in [0.4, 0.5) is 0 Å². The number of phenolic OH excluding ortho intramolecular Hbond substituents is 1. The van der Waals surface area contributed by atoms with E-state index >= 15 is 28.8 Å². The third-order valence-electron chi connectivity index (χ3n) is 18.6. The lowest BCUT2D eigenvalue weighted by Gasteiger charge is -2.33. The van der Waals surface area contributed by atoms with Crippen molar-refractivity contribution in [2.75, 3.05) is 38.2 Å². The minimum atomic E-state index is -1.89. The van der Waals surface area contributed by atoms with E-state index in [9.17, 15) is 49.2 Å².